The molecule has 1 aromatic rings. The topological polar surface area (TPSA) is 94.4 Å². The van der Waals surface area contributed by atoms with Crippen LogP contribution in [0, 0.1) is 0 Å². The number of halogens is 1. The third kappa shape index (κ3) is 3.28. The molecule has 8 heteroatoms. The Morgan fingerprint density at radius 2 is 1.85 bits per heavy atom. The quantitative estimate of drug-likeness (QED) is 0.711. The minimum atomic E-state index is -0.854. The molecule has 0 aliphatic carbocycles. The fraction of sp³-hybridized carbons (Fsp3) is 0.750. The maximum atomic E-state index is 9.45. The van der Waals surface area contributed by atoms with E-state index in [0.29, 0.717) is 12.4 Å². The van der Waals surface area contributed by atoms with Gasteiger partial charge in [0.2, 0.25) is 17.2 Å². The Balaban J connectivity index is 2.23. The molecule has 1 fully saturated rings. The number of hydrogen-bond acceptors (Lipinski definition) is 7. The monoisotopic (exact) mass is 301 g/mol. The lowest BCUT2D eigenvalue weighted by Crippen LogP contribution is -2.45. The Morgan fingerprint density at radius 1 is 1.20 bits per heavy atom. The van der Waals surface area contributed by atoms with E-state index < -0.39 is 5.54 Å². The summed E-state index contributed by atoms with van der Waals surface area (Å²) in [5, 5.41) is 22.0. The van der Waals surface area contributed by atoms with E-state index in [4.69, 9.17) is 11.6 Å². The number of hydrogen-bond donors (Lipinski definition) is 3. The summed E-state index contributed by atoms with van der Waals surface area (Å²) in [7, 11) is 0. The molecule has 0 spiro atoms. The van der Waals surface area contributed by atoms with E-state index in [1.165, 1.54) is 0 Å². The molecular formula is C12H20ClN5O2. The predicted octanol–water partition coefficient (Wildman–Crippen LogP) is 0.670. The van der Waals surface area contributed by atoms with E-state index >= 15 is 0 Å². The Bertz CT molecular complexity index is 441. The molecular weight excluding hydrogens is 282 g/mol. The van der Waals surface area contributed by atoms with Gasteiger partial charge in [0.15, 0.2) is 0 Å². The number of aliphatic hydroxyl groups is 2. The molecule has 20 heavy (non-hydrogen) atoms. The largest absolute Gasteiger partial charge is 0.394 e. The Hall–Kier alpha value is -1.18. The van der Waals surface area contributed by atoms with Crippen LogP contribution in [0.25, 0.3) is 0 Å². The van der Waals surface area contributed by atoms with Crippen molar-refractivity contribution < 1.29 is 10.2 Å². The van der Waals surface area contributed by atoms with Crippen molar-refractivity contribution in [1.29, 1.82) is 0 Å². The van der Waals surface area contributed by atoms with Crippen molar-refractivity contribution in [3.05, 3.63) is 5.28 Å². The van der Waals surface area contributed by atoms with Gasteiger partial charge in [0.25, 0.3) is 0 Å². The molecule has 0 aromatic carbocycles. The van der Waals surface area contributed by atoms with Gasteiger partial charge < -0.3 is 20.4 Å². The predicted molar refractivity (Wildman–Crippen MR) is 77.1 cm³/mol. The van der Waals surface area contributed by atoms with Crippen molar-refractivity contribution in [3.63, 3.8) is 0 Å². The normalized spacial score (nSPS) is 15.7. The van der Waals surface area contributed by atoms with Gasteiger partial charge in [-0.3, -0.25) is 0 Å². The SMILES string of the molecule is CCC(CO)(CO)Nc1nc(Cl)nc(N2CCCC2)n1. The molecule has 1 aromatic heterocycles. The van der Waals surface area contributed by atoms with Gasteiger partial charge in [-0.15, -0.1) is 0 Å². The summed E-state index contributed by atoms with van der Waals surface area (Å²) < 4.78 is 0. The lowest BCUT2D eigenvalue weighted by molar-refractivity contribution is 0.132. The van der Waals surface area contributed by atoms with Crippen LogP contribution >= 0.6 is 11.6 Å². The van der Waals surface area contributed by atoms with Crippen molar-refractivity contribution in [1.82, 2.24) is 15.0 Å². The standard InChI is InChI=1S/C12H20ClN5O2/c1-2-12(7-19,8-20)17-10-14-9(13)15-11(16-10)18-5-3-4-6-18/h19-20H,2-8H2,1H3,(H,14,15,16,17). The van der Waals surface area contributed by atoms with Gasteiger partial charge in [-0.2, -0.15) is 15.0 Å². The van der Waals surface area contributed by atoms with Crippen molar-refractivity contribution in [2.45, 2.75) is 31.7 Å². The molecule has 0 saturated carbocycles. The Labute approximate surface area is 123 Å². The van der Waals surface area contributed by atoms with Crippen molar-refractivity contribution in [2.24, 2.45) is 0 Å². The van der Waals surface area contributed by atoms with Crippen LogP contribution in [-0.2, 0) is 0 Å². The molecule has 1 saturated heterocycles. The molecule has 7 nitrogen and oxygen atoms in total. The van der Waals surface area contributed by atoms with Gasteiger partial charge >= 0.3 is 0 Å². The van der Waals surface area contributed by atoms with Crippen molar-refractivity contribution in [2.75, 3.05) is 36.5 Å². The number of aliphatic hydroxyl groups excluding tert-OH is 2. The maximum absolute atomic E-state index is 9.45. The van der Waals surface area contributed by atoms with Crippen LogP contribution in [0.2, 0.25) is 5.28 Å². The second-order valence-corrected chi connectivity index (χ2v) is 5.34. The van der Waals surface area contributed by atoms with Gasteiger partial charge in [0, 0.05) is 13.1 Å². The number of nitrogens with one attached hydrogen (secondary N) is 1. The van der Waals surface area contributed by atoms with Gasteiger partial charge in [-0.05, 0) is 30.9 Å². The van der Waals surface area contributed by atoms with E-state index in [9.17, 15) is 10.2 Å². The molecule has 2 heterocycles. The average molecular weight is 302 g/mol. The summed E-state index contributed by atoms with van der Waals surface area (Å²) in [6.45, 7) is 3.23. The van der Waals surface area contributed by atoms with Crippen molar-refractivity contribution in [3.8, 4) is 0 Å². The first-order chi connectivity index (χ1) is 9.62. The highest BCUT2D eigenvalue weighted by atomic mass is 35.5. The molecule has 1 aliphatic heterocycles. The summed E-state index contributed by atoms with van der Waals surface area (Å²) >= 11 is 5.93. The molecule has 0 amide bonds. The first kappa shape index (κ1) is 15.2. The summed E-state index contributed by atoms with van der Waals surface area (Å²) in [6, 6.07) is 0. The molecule has 0 radical (unpaired) electrons. The molecule has 112 valence electrons. The van der Waals surface area contributed by atoms with Crippen LogP contribution in [0.5, 0.6) is 0 Å². The summed E-state index contributed by atoms with van der Waals surface area (Å²) in [5.41, 5.74) is -0.854. The number of nitrogens with zero attached hydrogens (tertiary/aromatic N) is 4. The van der Waals surface area contributed by atoms with Gasteiger partial charge in [-0.1, -0.05) is 6.92 Å². The van der Waals surface area contributed by atoms with E-state index in [1.54, 1.807) is 0 Å². The molecule has 3 N–H and O–H groups in total. The third-order valence-corrected chi connectivity index (χ3v) is 3.81. The smallest absolute Gasteiger partial charge is 0.231 e. The van der Waals surface area contributed by atoms with E-state index in [2.05, 4.69) is 20.3 Å². The average Bonchev–Trinajstić information content (AvgIpc) is 2.98. The number of aromatic nitrogens is 3. The lowest BCUT2D eigenvalue weighted by Gasteiger charge is -2.29. The second-order valence-electron chi connectivity index (χ2n) is 5.00. The molecule has 2 rings (SSSR count). The fourth-order valence-electron chi connectivity index (χ4n) is 2.13. The highest BCUT2D eigenvalue weighted by molar-refractivity contribution is 6.28. The van der Waals surface area contributed by atoms with Crippen LogP contribution in [0.1, 0.15) is 26.2 Å². The van der Waals surface area contributed by atoms with E-state index in [1.807, 2.05) is 11.8 Å². The second kappa shape index (κ2) is 6.51. The van der Waals surface area contributed by atoms with Gasteiger partial charge in [0.1, 0.15) is 0 Å². The first-order valence-corrected chi connectivity index (χ1v) is 7.16. The van der Waals surface area contributed by atoms with E-state index in [-0.39, 0.29) is 24.4 Å². The minimum Gasteiger partial charge on any atom is -0.394 e. The minimum absolute atomic E-state index is 0.102. The number of anilines is 2. The number of rotatable bonds is 6. The zero-order valence-corrected chi connectivity index (χ0v) is 12.3. The maximum Gasteiger partial charge on any atom is 0.231 e. The van der Waals surface area contributed by atoms with Crippen LogP contribution in [0.4, 0.5) is 11.9 Å². The van der Waals surface area contributed by atoms with Crippen LogP contribution in [0.3, 0.4) is 0 Å². The van der Waals surface area contributed by atoms with Gasteiger partial charge in [0.05, 0.1) is 18.8 Å². The van der Waals surface area contributed by atoms with Crippen LogP contribution in [0.15, 0.2) is 0 Å². The molecule has 0 atom stereocenters. The Kier molecular flexibility index (Phi) is 4.95. The summed E-state index contributed by atoms with van der Waals surface area (Å²) in [4.78, 5) is 14.5. The van der Waals surface area contributed by atoms with Crippen molar-refractivity contribution >= 4 is 23.5 Å². The summed E-state index contributed by atoms with van der Waals surface area (Å²) in [5.74, 6) is 0.808. The zero-order valence-electron chi connectivity index (χ0n) is 11.5. The molecule has 0 bridgehead atoms. The lowest BCUT2D eigenvalue weighted by atomic mass is 9.99. The highest BCUT2D eigenvalue weighted by Crippen LogP contribution is 2.21. The van der Waals surface area contributed by atoms with Crippen LogP contribution in [-0.4, -0.2) is 57.0 Å². The molecule has 1 aliphatic rings. The fourth-order valence-corrected chi connectivity index (χ4v) is 2.29. The van der Waals surface area contributed by atoms with Gasteiger partial charge in [-0.25, -0.2) is 0 Å². The first-order valence-electron chi connectivity index (χ1n) is 6.79. The van der Waals surface area contributed by atoms with Crippen LogP contribution < -0.4 is 10.2 Å². The highest BCUT2D eigenvalue weighted by Gasteiger charge is 2.28. The van der Waals surface area contributed by atoms with E-state index in [0.717, 1.165) is 25.9 Å². The molecule has 0 unspecified atom stereocenters. The zero-order chi connectivity index (χ0) is 14.6. The summed E-state index contributed by atoms with van der Waals surface area (Å²) in [6.07, 6.45) is 2.75. The third-order valence-electron chi connectivity index (χ3n) is 3.64. The Morgan fingerprint density at radius 3 is 2.40 bits per heavy atom.